The fourth-order valence-electron chi connectivity index (χ4n) is 3.28. The van der Waals surface area contributed by atoms with E-state index >= 15 is 0 Å². The molecular weight excluding hydrogens is 309 g/mol. The summed E-state index contributed by atoms with van der Waals surface area (Å²) < 4.78 is 24.2. The monoisotopic (exact) mass is 329 g/mol. The van der Waals surface area contributed by atoms with E-state index in [4.69, 9.17) is 9.47 Å². The third kappa shape index (κ3) is 2.94. The predicted molar refractivity (Wildman–Crippen MR) is 89.0 cm³/mol. The van der Waals surface area contributed by atoms with Gasteiger partial charge >= 0.3 is 0 Å². The van der Waals surface area contributed by atoms with Gasteiger partial charge in [0.2, 0.25) is 0 Å². The number of carbonyl (C=O) groups excluding carboxylic acids is 1. The second kappa shape index (κ2) is 6.91. The van der Waals surface area contributed by atoms with Crippen molar-refractivity contribution in [2.75, 3.05) is 20.8 Å². The maximum atomic E-state index is 13.6. The summed E-state index contributed by atoms with van der Waals surface area (Å²) in [5.41, 5.74) is 1.22. The van der Waals surface area contributed by atoms with Crippen LogP contribution in [0.4, 0.5) is 4.39 Å². The smallest absolute Gasteiger partial charge is 0.261 e. The molecule has 1 aliphatic heterocycles. The molecule has 0 aliphatic carbocycles. The van der Waals surface area contributed by atoms with Crippen LogP contribution in [0.2, 0.25) is 0 Å². The Morgan fingerprint density at radius 3 is 2.42 bits per heavy atom. The van der Waals surface area contributed by atoms with Crippen LogP contribution in [-0.4, -0.2) is 31.6 Å². The molecule has 1 heterocycles. The zero-order valence-electron chi connectivity index (χ0n) is 13.8. The molecule has 0 aromatic heterocycles. The van der Waals surface area contributed by atoms with Crippen LogP contribution in [0.5, 0.6) is 11.5 Å². The van der Waals surface area contributed by atoms with Gasteiger partial charge in [0, 0.05) is 6.54 Å². The van der Waals surface area contributed by atoms with Gasteiger partial charge in [-0.25, -0.2) is 4.39 Å². The molecule has 1 fully saturated rings. The number of nitrogens with zero attached hydrogens (tertiary/aromatic N) is 1. The van der Waals surface area contributed by atoms with Crippen molar-refractivity contribution in [1.29, 1.82) is 0 Å². The SMILES string of the molecule is COc1cccc(OC)c1C(=O)N1CCC[C@H]1c1cccc(F)c1. The Labute approximate surface area is 140 Å². The zero-order valence-corrected chi connectivity index (χ0v) is 13.8. The summed E-state index contributed by atoms with van der Waals surface area (Å²) in [4.78, 5) is 14.9. The molecule has 1 aliphatic rings. The van der Waals surface area contributed by atoms with Crippen molar-refractivity contribution < 1.29 is 18.7 Å². The lowest BCUT2D eigenvalue weighted by Crippen LogP contribution is -2.31. The first kappa shape index (κ1) is 16.3. The lowest BCUT2D eigenvalue weighted by atomic mass is 10.0. The Balaban J connectivity index is 1.98. The molecule has 3 rings (SSSR count). The van der Waals surface area contributed by atoms with Crippen molar-refractivity contribution in [3.63, 3.8) is 0 Å². The summed E-state index contributed by atoms with van der Waals surface area (Å²) in [6.07, 6.45) is 1.69. The molecule has 5 heteroatoms. The maximum absolute atomic E-state index is 13.6. The van der Waals surface area contributed by atoms with Gasteiger partial charge in [-0.1, -0.05) is 18.2 Å². The molecule has 1 amide bonds. The molecule has 2 aromatic carbocycles. The fraction of sp³-hybridized carbons (Fsp3) is 0.316. The van der Waals surface area contributed by atoms with E-state index in [9.17, 15) is 9.18 Å². The third-order valence-electron chi connectivity index (χ3n) is 4.39. The van der Waals surface area contributed by atoms with E-state index in [0.29, 0.717) is 23.6 Å². The average Bonchev–Trinajstić information content (AvgIpc) is 3.10. The zero-order chi connectivity index (χ0) is 17.1. The van der Waals surface area contributed by atoms with Crippen LogP contribution in [0.1, 0.15) is 34.8 Å². The molecule has 0 radical (unpaired) electrons. The van der Waals surface area contributed by atoms with Crippen LogP contribution in [0, 0.1) is 5.82 Å². The van der Waals surface area contributed by atoms with Gasteiger partial charge in [-0.05, 0) is 42.7 Å². The molecule has 4 nitrogen and oxygen atoms in total. The predicted octanol–water partition coefficient (Wildman–Crippen LogP) is 3.82. The number of carbonyl (C=O) groups is 1. The van der Waals surface area contributed by atoms with Crippen LogP contribution >= 0.6 is 0 Å². The second-order valence-corrected chi connectivity index (χ2v) is 5.75. The van der Waals surface area contributed by atoms with E-state index in [1.54, 1.807) is 29.2 Å². The topological polar surface area (TPSA) is 38.8 Å². The van der Waals surface area contributed by atoms with Crippen LogP contribution < -0.4 is 9.47 Å². The molecule has 0 spiro atoms. The van der Waals surface area contributed by atoms with Crippen LogP contribution in [-0.2, 0) is 0 Å². The molecular formula is C19H20FNO3. The van der Waals surface area contributed by atoms with Crippen LogP contribution in [0.3, 0.4) is 0 Å². The normalized spacial score (nSPS) is 17.0. The molecule has 0 bridgehead atoms. The van der Waals surface area contributed by atoms with Gasteiger partial charge in [0.15, 0.2) is 0 Å². The highest BCUT2D eigenvalue weighted by atomic mass is 19.1. The minimum absolute atomic E-state index is 0.136. The quantitative estimate of drug-likeness (QED) is 0.856. The molecule has 2 aromatic rings. The highest BCUT2D eigenvalue weighted by Gasteiger charge is 2.33. The molecule has 1 atom stereocenters. The number of hydrogen-bond donors (Lipinski definition) is 0. The fourth-order valence-corrected chi connectivity index (χ4v) is 3.28. The highest BCUT2D eigenvalue weighted by molar-refractivity contribution is 6.00. The molecule has 0 unspecified atom stereocenters. The number of methoxy groups -OCH3 is 2. The summed E-state index contributed by atoms with van der Waals surface area (Å²) in [6.45, 7) is 0.626. The molecule has 24 heavy (non-hydrogen) atoms. The molecule has 0 N–H and O–H groups in total. The summed E-state index contributed by atoms with van der Waals surface area (Å²) >= 11 is 0. The number of benzene rings is 2. The van der Waals surface area contributed by atoms with Gasteiger partial charge in [0.05, 0.1) is 20.3 Å². The Bertz CT molecular complexity index is 725. The number of ether oxygens (including phenoxy) is 2. The number of amides is 1. The largest absolute Gasteiger partial charge is 0.496 e. The van der Waals surface area contributed by atoms with Crippen molar-refractivity contribution in [3.8, 4) is 11.5 Å². The number of likely N-dealkylation sites (tertiary alicyclic amines) is 1. The van der Waals surface area contributed by atoms with Crippen LogP contribution in [0.25, 0.3) is 0 Å². The first-order valence-corrected chi connectivity index (χ1v) is 7.93. The van der Waals surface area contributed by atoms with Gasteiger partial charge < -0.3 is 14.4 Å². The standard InChI is InChI=1S/C19H20FNO3/c1-23-16-9-4-10-17(24-2)18(16)19(22)21-11-5-8-15(21)13-6-3-7-14(20)12-13/h3-4,6-7,9-10,12,15H,5,8,11H2,1-2H3/t15-/m0/s1. The summed E-state index contributed by atoms with van der Waals surface area (Å²) in [5.74, 6) is 0.506. The van der Waals surface area contributed by atoms with Gasteiger partial charge in [-0.3, -0.25) is 4.79 Å². The van der Waals surface area contributed by atoms with Gasteiger partial charge in [0.25, 0.3) is 5.91 Å². The van der Waals surface area contributed by atoms with E-state index < -0.39 is 0 Å². The maximum Gasteiger partial charge on any atom is 0.261 e. The van der Waals surface area contributed by atoms with E-state index in [1.165, 1.54) is 26.4 Å². The first-order chi connectivity index (χ1) is 11.7. The average molecular weight is 329 g/mol. The lowest BCUT2D eigenvalue weighted by molar-refractivity contribution is 0.0728. The van der Waals surface area contributed by atoms with Crippen molar-refractivity contribution in [3.05, 3.63) is 59.4 Å². The lowest BCUT2D eigenvalue weighted by Gasteiger charge is -2.26. The minimum atomic E-state index is -0.290. The molecule has 1 saturated heterocycles. The number of rotatable bonds is 4. The van der Waals surface area contributed by atoms with Crippen molar-refractivity contribution in [2.45, 2.75) is 18.9 Å². The number of hydrogen-bond acceptors (Lipinski definition) is 3. The Hall–Kier alpha value is -2.56. The summed E-state index contributed by atoms with van der Waals surface area (Å²) in [6, 6.07) is 11.6. The van der Waals surface area contributed by atoms with Gasteiger partial charge in [-0.2, -0.15) is 0 Å². The summed E-state index contributed by atoms with van der Waals surface area (Å²) in [5, 5.41) is 0. The summed E-state index contributed by atoms with van der Waals surface area (Å²) in [7, 11) is 3.05. The Morgan fingerprint density at radius 2 is 1.79 bits per heavy atom. The van der Waals surface area contributed by atoms with Crippen molar-refractivity contribution >= 4 is 5.91 Å². The van der Waals surface area contributed by atoms with E-state index in [0.717, 1.165) is 18.4 Å². The van der Waals surface area contributed by atoms with E-state index in [-0.39, 0.29) is 17.8 Å². The van der Waals surface area contributed by atoms with Crippen molar-refractivity contribution in [1.82, 2.24) is 4.90 Å². The van der Waals surface area contributed by atoms with Gasteiger partial charge in [0.1, 0.15) is 22.9 Å². The van der Waals surface area contributed by atoms with Crippen LogP contribution in [0.15, 0.2) is 42.5 Å². The molecule has 126 valence electrons. The third-order valence-corrected chi connectivity index (χ3v) is 4.39. The van der Waals surface area contributed by atoms with Crippen molar-refractivity contribution in [2.24, 2.45) is 0 Å². The first-order valence-electron chi connectivity index (χ1n) is 7.93. The Morgan fingerprint density at radius 1 is 1.12 bits per heavy atom. The Kier molecular flexibility index (Phi) is 4.69. The second-order valence-electron chi connectivity index (χ2n) is 5.75. The van der Waals surface area contributed by atoms with E-state index in [2.05, 4.69) is 0 Å². The minimum Gasteiger partial charge on any atom is -0.496 e. The number of halogens is 1. The van der Waals surface area contributed by atoms with Gasteiger partial charge in [-0.15, -0.1) is 0 Å². The van der Waals surface area contributed by atoms with E-state index in [1.807, 2.05) is 6.07 Å². The molecule has 0 saturated carbocycles. The highest BCUT2D eigenvalue weighted by Crippen LogP contribution is 2.37.